The fourth-order valence-corrected chi connectivity index (χ4v) is 8.75. The summed E-state index contributed by atoms with van der Waals surface area (Å²) in [5, 5.41) is 0.157. The van der Waals surface area contributed by atoms with Gasteiger partial charge in [0.2, 0.25) is 0 Å². The number of rotatable bonds is 4. The molecule has 2 saturated heterocycles. The van der Waals surface area contributed by atoms with Gasteiger partial charge in [-0.1, -0.05) is 0 Å². The molecule has 3 atom stereocenters. The van der Waals surface area contributed by atoms with Crippen LogP contribution in [0.2, 0.25) is 18.1 Å². The SMILES string of the molecule is C[C@@H](O[Si](C)(C)C(C)(C)C)[C@H]1C(=O)N2C(=NC3CCCCC3)[Se]/C(=C/I)C[C@H]12. The molecule has 0 N–H and O–H groups in total. The second-order valence-corrected chi connectivity index (χ2v) is 17.6. The van der Waals surface area contributed by atoms with E-state index in [2.05, 4.69) is 72.4 Å². The van der Waals surface area contributed by atoms with E-state index < -0.39 is 8.32 Å². The molecule has 0 spiro atoms. The molecule has 0 aromatic heterocycles. The molecule has 1 aliphatic carbocycles. The third-order valence-electron chi connectivity index (χ3n) is 6.89. The number of nitrogens with zero attached hydrogens (tertiary/aromatic N) is 2. The van der Waals surface area contributed by atoms with Crippen LogP contribution >= 0.6 is 22.6 Å². The van der Waals surface area contributed by atoms with E-state index in [0.29, 0.717) is 6.04 Å². The first-order valence-electron chi connectivity index (χ1n) is 10.6. The van der Waals surface area contributed by atoms with Gasteiger partial charge in [-0.15, -0.1) is 0 Å². The van der Waals surface area contributed by atoms with Crippen molar-refractivity contribution in [2.75, 3.05) is 0 Å². The molecule has 28 heavy (non-hydrogen) atoms. The maximum absolute atomic E-state index is 13.2. The molecule has 3 fully saturated rings. The van der Waals surface area contributed by atoms with Crippen LogP contribution in [0.4, 0.5) is 0 Å². The van der Waals surface area contributed by atoms with Gasteiger partial charge in [0.1, 0.15) is 0 Å². The molecule has 0 aromatic rings. The molecule has 2 heterocycles. The Hall–Kier alpha value is 0.306. The summed E-state index contributed by atoms with van der Waals surface area (Å²) in [6, 6.07) is 0.666. The number of amides is 1. The summed E-state index contributed by atoms with van der Waals surface area (Å²) in [5.41, 5.74) is 0. The van der Waals surface area contributed by atoms with E-state index in [1.807, 2.05) is 0 Å². The summed E-state index contributed by atoms with van der Waals surface area (Å²) in [4.78, 5) is 20.3. The van der Waals surface area contributed by atoms with E-state index in [-0.39, 0.29) is 44.0 Å². The topological polar surface area (TPSA) is 41.9 Å². The van der Waals surface area contributed by atoms with Crippen LogP contribution in [0.3, 0.4) is 0 Å². The summed E-state index contributed by atoms with van der Waals surface area (Å²) in [5.74, 6) is 0.230. The molecule has 1 saturated carbocycles. The second-order valence-electron chi connectivity index (χ2n) is 9.97. The number of β-lactam (4-membered cyclic amide) rings is 1. The average Bonchev–Trinajstić information content (AvgIpc) is 2.60. The van der Waals surface area contributed by atoms with Gasteiger partial charge >= 0.3 is 193 Å². The van der Waals surface area contributed by atoms with E-state index in [1.54, 1.807) is 0 Å². The van der Waals surface area contributed by atoms with Gasteiger partial charge in [0, 0.05) is 0 Å². The van der Waals surface area contributed by atoms with Crippen molar-refractivity contribution in [3.8, 4) is 0 Å². The van der Waals surface area contributed by atoms with E-state index in [9.17, 15) is 4.79 Å². The van der Waals surface area contributed by atoms with Crippen LogP contribution < -0.4 is 0 Å². The van der Waals surface area contributed by atoms with Gasteiger partial charge < -0.3 is 0 Å². The van der Waals surface area contributed by atoms with Crippen molar-refractivity contribution in [2.24, 2.45) is 10.9 Å². The van der Waals surface area contributed by atoms with Crippen molar-refractivity contribution < 1.29 is 9.22 Å². The molecule has 0 unspecified atom stereocenters. The predicted octanol–water partition coefficient (Wildman–Crippen LogP) is 5.30. The van der Waals surface area contributed by atoms with Gasteiger partial charge in [0.15, 0.2) is 0 Å². The van der Waals surface area contributed by atoms with Crippen molar-refractivity contribution in [1.82, 2.24) is 4.90 Å². The summed E-state index contributed by atoms with van der Waals surface area (Å²) in [6.45, 7) is 13.5. The standard InChI is InChI=1S/C21H35IN2O2SeSi/c1-14(26-28(5,6)21(2,3)4)18-17-12-16(13-22)27-20(24(17)19(18)25)23-15-10-8-7-9-11-15/h13-15,17-18H,7-12H2,1-6H3/b16-13+,23-20?/t14-,17-,18-/m1/s1. The number of hydrogen-bond acceptors (Lipinski definition) is 3. The average molecular weight is 581 g/mol. The molecule has 3 aliphatic rings. The second kappa shape index (κ2) is 8.81. The van der Waals surface area contributed by atoms with Crippen LogP contribution in [0.25, 0.3) is 0 Å². The Bertz CT molecular complexity index is 668. The van der Waals surface area contributed by atoms with E-state index in [4.69, 9.17) is 9.42 Å². The molecule has 0 bridgehead atoms. The molecule has 158 valence electrons. The molecule has 0 radical (unpaired) electrons. The Labute approximate surface area is 191 Å². The van der Waals surface area contributed by atoms with Crippen LogP contribution in [0.15, 0.2) is 13.5 Å². The number of carbonyl (C=O) groups excluding carboxylic acids is 1. The van der Waals surface area contributed by atoms with Crippen LogP contribution in [-0.4, -0.2) is 57.0 Å². The van der Waals surface area contributed by atoms with E-state index in [1.165, 1.54) is 36.6 Å². The van der Waals surface area contributed by atoms with Crippen LogP contribution in [0.5, 0.6) is 0 Å². The summed E-state index contributed by atoms with van der Waals surface area (Å²) >= 11 is 2.56. The Morgan fingerprint density at radius 1 is 1.29 bits per heavy atom. The number of carbonyl (C=O) groups is 1. The number of halogens is 1. The number of amidine groups is 1. The predicted molar refractivity (Wildman–Crippen MR) is 129 cm³/mol. The van der Waals surface area contributed by atoms with E-state index >= 15 is 0 Å². The summed E-state index contributed by atoms with van der Waals surface area (Å²) in [6.07, 6.45) is 7.23. The number of fused-ring (bicyclic) bond motifs is 1. The molecule has 0 aromatic carbocycles. The Balaban J connectivity index is 1.77. The zero-order valence-electron chi connectivity index (χ0n) is 18.1. The maximum atomic E-state index is 13.2. The quantitative estimate of drug-likeness (QED) is 0.257. The summed E-state index contributed by atoms with van der Waals surface area (Å²) < 4.78 is 11.4. The van der Waals surface area contributed by atoms with Gasteiger partial charge in [-0.25, -0.2) is 0 Å². The van der Waals surface area contributed by atoms with Crippen molar-refractivity contribution in [3.63, 3.8) is 0 Å². The van der Waals surface area contributed by atoms with Gasteiger partial charge in [-0.2, -0.15) is 0 Å². The molecule has 1 amide bonds. The minimum atomic E-state index is -1.89. The zero-order valence-corrected chi connectivity index (χ0v) is 23.0. The van der Waals surface area contributed by atoms with Gasteiger partial charge in [-0.05, 0) is 0 Å². The normalized spacial score (nSPS) is 31.1. The first-order valence-corrected chi connectivity index (χ1v) is 16.5. The van der Waals surface area contributed by atoms with Crippen molar-refractivity contribution in [2.45, 2.75) is 103 Å². The van der Waals surface area contributed by atoms with E-state index in [0.717, 1.165) is 11.2 Å². The van der Waals surface area contributed by atoms with Crippen molar-refractivity contribution >= 4 is 56.5 Å². The Morgan fingerprint density at radius 2 is 1.93 bits per heavy atom. The summed E-state index contributed by atoms with van der Waals surface area (Å²) in [7, 11) is -1.89. The van der Waals surface area contributed by atoms with Crippen molar-refractivity contribution in [3.05, 3.63) is 8.55 Å². The molecule has 4 nitrogen and oxygen atoms in total. The monoisotopic (exact) mass is 582 g/mol. The molecular formula is C21H35IN2O2SeSi. The van der Waals surface area contributed by atoms with Gasteiger partial charge in [-0.3, -0.25) is 0 Å². The van der Waals surface area contributed by atoms with Crippen molar-refractivity contribution in [1.29, 1.82) is 0 Å². The molecule has 2 aliphatic heterocycles. The third kappa shape index (κ3) is 4.63. The van der Waals surface area contributed by atoms with Crippen LogP contribution in [0, 0.1) is 5.92 Å². The number of hydrogen-bond donors (Lipinski definition) is 0. The number of aliphatic imine (C=N–C) groups is 1. The third-order valence-corrected chi connectivity index (χ3v) is 15.3. The minimum absolute atomic E-state index is 0.0202. The zero-order chi connectivity index (χ0) is 20.7. The molecule has 7 heteroatoms. The fraction of sp³-hybridized carbons (Fsp3) is 0.810. The Kier molecular flexibility index (Phi) is 7.23. The van der Waals surface area contributed by atoms with Gasteiger partial charge in [0.25, 0.3) is 0 Å². The molecular weight excluding hydrogens is 546 g/mol. The van der Waals surface area contributed by atoms with Gasteiger partial charge in [0.05, 0.1) is 0 Å². The fourth-order valence-electron chi connectivity index (χ4n) is 4.19. The Morgan fingerprint density at radius 3 is 2.50 bits per heavy atom. The first kappa shape index (κ1) is 23.0. The van der Waals surface area contributed by atoms with Crippen LogP contribution in [-0.2, 0) is 9.22 Å². The molecule has 3 rings (SSSR count). The van der Waals surface area contributed by atoms with Crippen LogP contribution in [0.1, 0.15) is 66.2 Å². The first-order chi connectivity index (χ1) is 13.0.